The first kappa shape index (κ1) is 26.0. The van der Waals surface area contributed by atoms with Crippen molar-refractivity contribution >= 4 is 17.9 Å². The first-order valence-electron chi connectivity index (χ1n) is 12.9. The summed E-state index contributed by atoms with van der Waals surface area (Å²) in [7, 11) is 0. The number of urea groups is 1. The third kappa shape index (κ3) is 7.72. The average molecular weight is 473 g/mol. The van der Waals surface area contributed by atoms with Crippen molar-refractivity contribution in [3.8, 4) is 0 Å². The number of fused-ring (bicyclic) bond motifs is 1. The van der Waals surface area contributed by atoms with Gasteiger partial charge in [0.1, 0.15) is 12.1 Å². The second kappa shape index (κ2) is 13.3. The molecule has 8 heteroatoms. The lowest BCUT2D eigenvalue weighted by molar-refractivity contribution is -0.139. The third-order valence-corrected chi connectivity index (χ3v) is 7.15. The summed E-state index contributed by atoms with van der Waals surface area (Å²) in [6.45, 7) is 0.479. The minimum absolute atomic E-state index is 0.0702. The Hall–Kier alpha value is -2.61. The lowest BCUT2D eigenvalue weighted by Gasteiger charge is -2.30. The van der Waals surface area contributed by atoms with E-state index < -0.39 is 24.1 Å². The van der Waals surface area contributed by atoms with Crippen molar-refractivity contribution in [2.75, 3.05) is 6.54 Å². The molecular formula is C26H40N4O4. The number of unbranched alkanes of at least 4 members (excludes halogenated alkanes) is 1. The van der Waals surface area contributed by atoms with E-state index in [9.17, 15) is 19.5 Å². The molecule has 0 radical (unpaired) electrons. The first-order chi connectivity index (χ1) is 16.5. The fraction of sp³-hybridized carbons (Fsp3) is 0.654. The Bertz CT molecular complexity index is 825. The van der Waals surface area contributed by atoms with Crippen LogP contribution < -0.4 is 21.7 Å². The van der Waals surface area contributed by atoms with Gasteiger partial charge in [-0.05, 0) is 68.5 Å². The van der Waals surface area contributed by atoms with Gasteiger partial charge in [-0.25, -0.2) is 9.59 Å². The van der Waals surface area contributed by atoms with E-state index in [-0.39, 0.29) is 11.9 Å². The topological polar surface area (TPSA) is 134 Å². The second-order valence-electron chi connectivity index (χ2n) is 9.74. The van der Waals surface area contributed by atoms with Crippen LogP contribution in [0.1, 0.15) is 87.8 Å². The predicted molar refractivity (Wildman–Crippen MR) is 131 cm³/mol. The molecule has 1 saturated carbocycles. The zero-order chi connectivity index (χ0) is 24.3. The zero-order valence-electron chi connectivity index (χ0n) is 20.1. The van der Waals surface area contributed by atoms with Gasteiger partial charge >= 0.3 is 12.0 Å². The van der Waals surface area contributed by atoms with E-state index in [0.717, 1.165) is 50.5 Å². The molecular weight excluding hydrogens is 432 g/mol. The summed E-state index contributed by atoms with van der Waals surface area (Å²) in [5, 5.41) is 18.0. The number of aryl methyl sites for hydroxylation is 1. The van der Waals surface area contributed by atoms with Gasteiger partial charge in [0.05, 0.1) is 6.04 Å². The number of amides is 3. The van der Waals surface area contributed by atoms with E-state index in [4.69, 9.17) is 5.73 Å². The van der Waals surface area contributed by atoms with E-state index in [1.807, 2.05) is 12.1 Å². The molecule has 0 aromatic heterocycles. The Balaban J connectivity index is 1.66. The maximum atomic E-state index is 13.4. The van der Waals surface area contributed by atoms with Crippen LogP contribution >= 0.6 is 0 Å². The number of carboxylic acids is 1. The van der Waals surface area contributed by atoms with Gasteiger partial charge < -0.3 is 26.8 Å². The highest BCUT2D eigenvalue weighted by atomic mass is 16.4. The molecule has 1 aromatic carbocycles. The molecule has 0 aliphatic heterocycles. The Morgan fingerprint density at radius 2 is 1.71 bits per heavy atom. The standard InChI is InChI=1S/C26H40N4O4/c27-16-7-6-14-22(25(32)33)29-26(34)30-23(17-18-9-2-1-3-10-18)24(31)28-21-15-8-12-19-11-4-5-13-20(19)21/h4-5,11,13,18,21-23H,1-3,6-10,12,14-17,27H2,(H,28,31)(H,32,33)(H2,29,30,34)/t21?,22?,23-/m1/s1. The molecule has 0 spiro atoms. The molecule has 3 amide bonds. The van der Waals surface area contributed by atoms with Gasteiger partial charge in [0.25, 0.3) is 0 Å². The van der Waals surface area contributed by atoms with Crippen LogP contribution in [0.25, 0.3) is 0 Å². The fourth-order valence-corrected chi connectivity index (χ4v) is 5.27. The summed E-state index contributed by atoms with van der Waals surface area (Å²) in [6.07, 6.45) is 10.7. The third-order valence-electron chi connectivity index (χ3n) is 7.15. The molecule has 3 atom stereocenters. The molecule has 0 saturated heterocycles. The molecule has 0 bridgehead atoms. The first-order valence-corrected chi connectivity index (χ1v) is 12.9. The zero-order valence-corrected chi connectivity index (χ0v) is 20.1. The lowest BCUT2D eigenvalue weighted by atomic mass is 9.84. The number of carbonyl (C=O) groups excluding carboxylic acids is 2. The van der Waals surface area contributed by atoms with Crippen LogP contribution in [0.15, 0.2) is 24.3 Å². The number of hydrogen-bond acceptors (Lipinski definition) is 4. The van der Waals surface area contributed by atoms with Crippen LogP contribution in [0.4, 0.5) is 4.79 Å². The molecule has 34 heavy (non-hydrogen) atoms. The number of hydrogen-bond donors (Lipinski definition) is 5. The fourth-order valence-electron chi connectivity index (χ4n) is 5.27. The maximum Gasteiger partial charge on any atom is 0.326 e. The minimum Gasteiger partial charge on any atom is -0.480 e. The smallest absolute Gasteiger partial charge is 0.326 e. The SMILES string of the molecule is NCCCCC(NC(=O)N[C@H](CC1CCCCC1)C(=O)NC1CCCc2ccccc21)C(=O)O. The van der Waals surface area contributed by atoms with Gasteiger partial charge in [0.15, 0.2) is 0 Å². The molecule has 2 unspecified atom stereocenters. The minimum atomic E-state index is -1.08. The van der Waals surface area contributed by atoms with Crippen LogP contribution in [0.2, 0.25) is 0 Å². The molecule has 3 rings (SSSR count). The van der Waals surface area contributed by atoms with Crippen molar-refractivity contribution in [2.45, 2.75) is 95.2 Å². The number of nitrogens with two attached hydrogens (primary N) is 1. The van der Waals surface area contributed by atoms with Gasteiger partial charge in [-0.3, -0.25) is 4.79 Å². The van der Waals surface area contributed by atoms with Crippen LogP contribution in [0.5, 0.6) is 0 Å². The molecule has 2 aliphatic carbocycles. The van der Waals surface area contributed by atoms with Crippen molar-refractivity contribution in [1.29, 1.82) is 0 Å². The highest BCUT2D eigenvalue weighted by molar-refractivity contribution is 5.89. The van der Waals surface area contributed by atoms with E-state index in [1.165, 1.54) is 12.0 Å². The number of carbonyl (C=O) groups is 3. The van der Waals surface area contributed by atoms with Crippen LogP contribution in [0, 0.1) is 5.92 Å². The maximum absolute atomic E-state index is 13.4. The molecule has 1 aromatic rings. The van der Waals surface area contributed by atoms with E-state index in [0.29, 0.717) is 38.1 Å². The number of aliphatic carboxylic acids is 1. The number of benzene rings is 1. The van der Waals surface area contributed by atoms with Crippen molar-refractivity contribution < 1.29 is 19.5 Å². The molecule has 188 valence electrons. The average Bonchev–Trinajstić information content (AvgIpc) is 2.84. The summed E-state index contributed by atoms with van der Waals surface area (Å²) < 4.78 is 0. The Morgan fingerprint density at radius 1 is 0.971 bits per heavy atom. The van der Waals surface area contributed by atoms with Crippen molar-refractivity contribution in [3.63, 3.8) is 0 Å². The van der Waals surface area contributed by atoms with E-state index in [2.05, 4.69) is 28.1 Å². The van der Waals surface area contributed by atoms with Gasteiger partial charge in [0, 0.05) is 0 Å². The highest BCUT2D eigenvalue weighted by Crippen LogP contribution is 2.31. The second-order valence-corrected chi connectivity index (χ2v) is 9.74. The monoisotopic (exact) mass is 472 g/mol. The quantitative estimate of drug-likeness (QED) is 0.315. The van der Waals surface area contributed by atoms with Crippen LogP contribution in [-0.2, 0) is 16.0 Å². The largest absolute Gasteiger partial charge is 0.480 e. The Kier molecular flexibility index (Phi) is 10.2. The molecule has 8 nitrogen and oxygen atoms in total. The van der Waals surface area contributed by atoms with Crippen LogP contribution in [0.3, 0.4) is 0 Å². The molecule has 2 aliphatic rings. The van der Waals surface area contributed by atoms with Crippen molar-refractivity contribution in [3.05, 3.63) is 35.4 Å². The number of nitrogens with one attached hydrogen (secondary N) is 3. The number of carboxylic acid groups (broad SMARTS) is 1. The predicted octanol–water partition coefficient (Wildman–Crippen LogP) is 3.40. The Labute approximate surface area is 202 Å². The van der Waals surface area contributed by atoms with Crippen molar-refractivity contribution in [2.24, 2.45) is 11.7 Å². The van der Waals surface area contributed by atoms with E-state index >= 15 is 0 Å². The summed E-state index contributed by atoms with van der Waals surface area (Å²) >= 11 is 0. The number of rotatable bonds is 11. The summed E-state index contributed by atoms with van der Waals surface area (Å²) in [6, 6.07) is 5.80. The molecule has 1 fully saturated rings. The summed E-state index contributed by atoms with van der Waals surface area (Å²) in [5.74, 6) is -0.903. The normalized spacial score (nSPS) is 20.0. The lowest BCUT2D eigenvalue weighted by Crippen LogP contribution is -2.54. The molecule has 6 N–H and O–H groups in total. The highest BCUT2D eigenvalue weighted by Gasteiger charge is 2.30. The van der Waals surface area contributed by atoms with Gasteiger partial charge in [-0.15, -0.1) is 0 Å². The van der Waals surface area contributed by atoms with Gasteiger partial charge in [-0.1, -0.05) is 56.4 Å². The summed E-state index contributed by atoms with van der Waals surface area (Å²) in [5.41, 5.74) is 7.90. The summed E-state index contributed by atoms with van der Waals surface area (Å²) in [4.78, 5) is 37.7. The van der Waals surface area contributed by atoms with Crippen molar-refractivity contribution in [1.82, 2.24) is 16.0 Å². The van der Waals surface area contributed by atoms with E-state index in [1.54, 1.807) is 0 Å². The van der Waals surface area contributed by atoms with Crippen LogP contribution in [-0.4, -0.2) is 41.6 Å². The molecule has 0 heterocycles. The van der Waals surface area contributed by atoms with Gasteiger partial charge in [-0.2, -0.15) is 0 Å². The Morgan fingerprint density at radius 3 is 2.44 bits per heavy atom. The van der Waals surface area contributed by atoms with Gasteiger partial charge in [0.2, 0.25) is 5.91 Å².